The zero-order valence-corrected chi connectivity index (χ0v) is 17.1. The predicted octanol–water partition coefficient (Wildman–Crippen LogP) is 4.81. The van der Waals surface area contributed by atoms with Crippen LogP contribution in [-0.4, -0.2) is 31.1 Å². The van der Waals surface area contributed by atoms with E-state index in [4.69, 9.17) is 9.47 Å². The Morgan fingerprint density at radius 1 is 1.00 bits per heavy atom. The van der Waals surface area contributed by atoms with Gasteiger partial charge in [0.05, 0.1) is 11.0 Å². The van der Waals surface area contributed by atoms with Crippen molar-refractivity contribution in [3.8, 4) is 5.75 Å². The summed E-state index contributed by atoms with van der Waals surface area (Å²) in [6, 6.07) is 17.7. The van der Waals surface area contributed by atoms with Gasteiger partial charge in [-0.3, -0.25) is 9.59 Å². The molecule has 30 heavy (non-hydrogen) atoms. The lowest BCUT2D eigenvalue weighted by atomic mass is 10.1. The number of ether oxygens (including phenoxy) is 2. The molecular formula is C23H22N2O4S. The molecule has 2 amide bonds. The predicted molar refractivity (Wildman–Crippen MR) is 118 cm³/mol. The number of anilines is 2. The summed E-state index contributed by atoms with van der Waals surface area (Å²) < 4.78 is 11.3. The van der Waals surface area contributed by atoms with Crippen LogP contribution in [0.4, 0.5) is 11.4 Å². The standard InChI is InChI=1S/C23H22N2O4S/c26-22(16-4-1-5-18(14-16)25-23(27)21-7-3-13-30-21)24-17-8-10-19(11-9-17)29-15-20-6-2-12-28-20/h1,3-5,7-11,13-14,20H,2,6,12,15H2,(H,24,26)(H,25,27). The highest BCUT2D eigenvalue weighted by Crippen LogP contribution is 2.20. The van der Waals surface area contributed by atoms with E-state index in [1.165, 1.54) is 11.3 Å². The summed E-state index contributed by atoms with van der Waals surface area (Å²) in [6.45, 7) is 1.34. The number of nitrogens with one attached hydrogen (secondary N) is 2. The van der Waals surface area contributed by atoms with E-state index in [0.717, 1.165) is 25.2 Å². The molecule has 1 aliphatic heterocycles. The Labute approximate surface area is 178 Å². The third kappa shape index (κ3) is 5.25. The normalized spacial score (nSPS) is 15.5. The van der Waals surface area contributed by atoms with Crippen LogP contribution in [0, 0.1) is 0 Å². The molecule has 2 aromatic carbocycles. The van der Waals surface area contributed by atoms with Crippen molar-refractivity contribution in [1.82, 2.24) is 0 Å². The molecule has 1 aliphatic rings. The maximum absolute atomic E-state index is 12.6. The minimum Gasteiger partial charge on any atom is -0.491 e. The molecule has 0 saturated carbocycles. The van der Waals surface area contributed by atoms with Crippen molar-refractivity contribution < 1.29 is 19.1 Å². The molecule has 1 saturated heterocycles. The van der Waals surface area contributed by atoms with E-state index >= 15 is 0 Å². The molecule has 0 spiro atoms. The summed E-state index contributed by atoms with van der Waals surface area (Å²) in [4.78, 5) is 25.4. The average Bonchev–Trinajstić information content (AvgIpc) is 3.48. The van der Waals surface area contributed by atoms with Gasteiger partial charge >= 0.3 is 0 Å². The Bertz CT molecular complexity index is 996. The van der Waals surface area contributed by atoms with E-state index in [-0.39, 0.29) is 17.9 Å². The molecule has 1 atom stereocenters. The SMILES string of the molecule is O=C(Nc1ccc(OCC2CCCO2)cc1)c1cccc(NC(=O)c2cccs2)c1. The van der Waals surface area contributed by atoms with Crippen LogP contribution in [0.2, 0.25) is 0 Å². The molecule has 1 aromatic heterocycles. The quantitative estimate of drug-likeness (QED) is 0.573. The summed E-state index contributed by atoms with van der Waals surface area (Å²) in [7, 11) is 0. The van der Waals surface area contributed by atoms with Crippen LogP contribution in [0.1, 0.15) is 32.9 Å². The van der Waals surface area contributed by atoms with Crippen molar-refractivity contribution in [1.29, 1.82) is 0 Å². The van der Waals surface area contributed by atoms with Gasteiger partial charge in [-0.1, -0.05) is 12.1 Å². The number of carbonyl (C=O) groups excluding carboxylic acids is 2. The van der Waals surface area contributed by atoms with Gasteiger partial charge in [-0.05, 0) is 66.8 Å². The van der Waals surface area contributed by atoms with Crippen molar-refractivity contribution in [2.24, 2.45) is 0 Å². The number of benzene rings is 2. The molecule has 0 radical (unpaired) electrons. The van der Waals surface area contributed by atoms with Crippen LogP contribution in [0.5, 0.6) is 5.75 Å². The largest absolute Gasteiger partial charge is 0.491 e. The molecule has 1 unspecified atom stereocenters. The smallest absolute Gasteiger partial charge is 0.265 e. The lowest BCUT2D eigenvalue weighted by Gasteiger charge is -2.12. The first-order valence-electron chi connectivity index (χ1n) is 9.78. The van der Waals surface area contributed by atoms with Crippen LogP contribution < -0.4 is 15.4 Å². The van der Waals surface area contributed by atoms with Crippen LogP contribution in [0.3, 0.4) is 0 Å². The lowest BCUT2D eigenvalue weighted by Crippen LogP contribution is -2.16. The van der Waals surface area contributed by atoms with Gasteiger partial charge in [-0.25, -0.2) is 0 Å². The van der Waals surface area contributed by atoms with E-state index in [2.05, 4.69) is 10.6 Å². The first-order valence-corrected chi connectivity index (χ1v) is 10.7. The van der Waals surface area contributed by atoms with Gasteiger partial charge in [-0.2, -0.15) is 0 Å². The Hall–Kier alpha value is -3.16. The Morgan fingerprint density at radius 3 is 2.57 bits per heavy atom. The molecule has 7 heteroatoms. The summed E-state index contributed by atoms with van der Waals surface area (Å²) in [6.07, 6.45) is 2.27. The molecule has 2 heterocycles. The van der Waals surface area contributed by atoms with Gasteiger partial charge in [0.25, 0.3) is 11.8 Å². The summed E-state index contributed by atoms with van der Waals surface area (Å²) in [5, 5.41) is 7.52. The molecule has 1 fully saturated rings. The van der Waals surface area contributed by atoms with Crippen molar-refractivity contribution in [2.75, 3.05) is 23.8 Å². The van der Waals surface area contributed by atoms with E-state index < -0.39 is 0 Å². The van der Waals surface area contributed by atoms with Crippen LogP contribution in [0.25, 0.3) is 0 Å². The maximum atomic E-state index is 12.6. The Kier molecular flexibility index (Phi) is 6.41. The summed E-state index contributed by atoms with van der Waals surface area (Å²) >= 11 is 1.37. The van der Waals surface area contributed by atoms with Crippen LogP contribution >= 0.6 is 11.3 Å². The maximum Gasteiger partial charge on any atom is 0.265 e. The van der Waals surface area contributed by atoms with Crippen molar-refractivity contribution in [2.45, 2.75) is 18.9 Å². The average molecular weight is 423 g/mol. The van der Waals surface area contributed by atoms with Crippen LogP contribution in [-0.2, 0) is 4.74 Å². The highest BCUT2D eigenvalue weighted by atomic mass is 32.1. The van der Waals surface area contributed by atoms with E-state index in [0.29, 0.717) is 28.4 Å². The fourth-order valence-corrected chi connectivity index (χ4v) is 3.76. The number of hydrogen-bond acceptors (Lipinski definition) is 5. The summed E-state index contributed by atoms with van der Waals surface area (Å²) in [5.74, 6) is 0.290. The number of rotatable bonds is 7. The van der Waals surface area contributed by atoms with Gasteiger partial charge in [-0.15, -0.1) is 11.3 Å². The first kappa shape index (κ1) is 20.1. The van der Waals surface area contributed by atoms with Crippen molar-refractivity contribution in [3.63, 3.8) is 0 Å². The second kappa shape index (κ2) is 9.56. The zero-order valence-electron chi connectivity index (χ0n) is 16.3. The number of thiophene rings is 1. The van der Waals surface area contributed by atoms with Gasteiger partial charge in [0.15, 0.2) is 0 Å². The molecule has 0 bridgehead atoms. The number of hydrogen-bond donors (Lipinski definition) is 2. The molecular weight excluding hydrogens is 400 g/mol. The zero-order chi connectivity index (χ0) is 20.8. The molecule has 2 N–H and O–H groups in total. The highest BCUT2D eigenvalue weighted by Gasteiger charge is 2.16. The highest BCUT2D eigenvalue weighted by molar-refractivity contribution is 7.12. The van der Waals surface area contributed by atoms with Gasteiger partial charge in [0.1, 0.15) is 12.4 Å². The van der Waals surface area contributed by atoms with E-state index in [1.807, 2.05) is 23.6 Å². The fourth-order valence-electron chi connectivity index (χ4n) is 3.14. The summed E-state index contributed by atoms with van der Waals surface area (Å²) in [5.41, 5.74) is 1.69. The molecule has 154 valence electrons. The second-order valence-electron chi connectivity index (χ2n) is 6.94. The monoisotopic (exact) mass is 422 g/mol. The van der Waals surface area contributed by atoms with E-state index in [1.54, 1.807) is 42.5 Å². The van der Waals surface area contributed by atoms with Crippen molar-refractivity contribution in [3.05, 3.63) is 76.5 Å². The molecule has 6 nitrogen and oxygen atoms in total. The molecule has 3 aromatic rings. The Balaban J connectivity index is 1.33. The third-order valence-corrected chi connectivity index (χ3v) is 5.57. The van der Waals surface area contributed by atoms with E-state index in [9.17, 15) is 9.59 Å². The van der Waals surface area contributed by atoms with Crippen molar-refractivity contribution >= 4 is 34.5 Å². The lowest BCUT2D eigenvalue weighted by molar-refractivity contribution is 0.0679. The fraction of sp³-hybridized carbons (Fsp3) is 0.217. The first-order chi connectivity index (χ1) is 14.7. The molecule has 4 rings (SSSR count). The van der Waals surface area contributed by atoms with Gasteiger partial charge < -0.3 is 20.1 Å². The Morgan fingerprint density at radius 2 is 1.83 bits per heavy atom. The molecule has 0 aliphatic carbocycles. The number of amides is 2. The number of carbonyl (C=O) groups is 2. The van der Waals surface area contributed by atoms with Gasteiger partial charge in [0.2, 0.25) is 0 Å². The minimum absolute atomic E-state index is 0.164. The van der Waals surface area contributed by atoms with Gasteiger partial charge in [0, 0.05) is 23.5 Å². The topological polar surface area (TPSA) is 76.7 Å². The third-order valence-electron chi connectivity index (χ3n) is 4.70. The second-order valence-corrected chi connectivity index (χ2v) is 7.88. The van der Waals surface area contributed by atoms with Crippen LogP contribution in [0.15, 0.2) is 66.0 Å². The minimum atomic E-state index is -0.254.